The van der Waals surface area contributed by atoms with Crippen molar-refractivity contribution in [3.05, 3.63) is 33.8 Å². The van der Waals surface area contributed by atoms with Crippen molar-refractivity contribution in [2.45, 2.75) is 25.8 Å². The summed E-state index contributed by atoms with van der Waals surface area (Å²) in [5, 5.41) is 4.06. The molecule has 0 spiro atoms. The highest BCUT2D eigenvalue weighted by molar-refractivity contribution is 9.10. The first-order valence-electron chi connectivity index (χ1n) is 5.56. The second kappa shape index (κ2) is 8.16. The Morgan fingerprint density at radius 2 is 1.88 bits per heavy atom. The molecule has 1 N–H and O–H groups in total. The molecular weight excluding hydrogens is 356 g/mol. The van der Waals surface area contributed by atoms with Crippen LogP contribution in [-0.2, 0) is 6.54 Å². The third-order valence-electron chi connectivity index (χ3n) is 2.43. The highest BCUT2D eigenvalue weighted by atomic mass is 79.9. The summed E-state index contributed by atoms with van der Waals surface area (Å²) in [7, 11) is 0. The Kier molecular flexibility index (Phi) is 7.23. The van der Waals surface area contributed by atoms with E-state index in [1.54, 1.807) is 0 Å². The van der Waals surface area contributed by atoms with Crippen LogP contribution >= 0.6 is 31.9 Å². The lowest BCUT2D eigenvalue weighted by Crippen LogP contribution is -2.17. The van der Waals surface area contributed by atoms with Crippen LogP contribution in [0, 0.1) is 11.6 Å². The first kappa shape index (κ1) is 15.1. The lowest BCUT2D eigenvalue weighted by atomic mass is 10.2. The first-order chi connectivity index (χ1) is 8.16. The summed E-state index contributed by atoms with van der Waals surface area (Å²) < 4.78 is 27.2. The zero-order valence-corrected chi connectivity index (χ0v) is 12.6. The lowest BCUT2D eigenvalue weighted by molar-refractivity contribution is 0.526. The van der Waals surface area contributed by atoms with E-state index < -0.39 is 11.6 Å². The number of unbranched alkanes of at least 4 members (excludes halogenated alkanes) is 2. The van der Waals surface area contributed by atoms with Crippen molar-refractivity contribution in [3.8, 4) is 0 Å². The molecule has 0 unspecified atom stereocenters. The summed E-state index contributed by atoms with van der Waals surface area (Å²) in [5.41, 5.74) is 0.0971. The van der Waals surface area contributed by atoms with E-state index in [-0.39, 0.29) is 12.1 Å². The second-order valence-corrected chi connectivity index (χ2v) is 5.40. The molecule has 0 saturated heterocycles. The fourth-order valence-corrected chi connectivity index (χ4v) is 2.23. The number of rotatable bonds is 7. The van der Waals surface area contributed by atoms with Crippen LogP contribution in [0.3, 0.4) is 0 Å². The largest absolute Gasteiger partial charge is 0.312 e. The van der Waals surface area contributed by atoms with Gasteiger partial charge in [-0.15, -0.1) is 0 Å². The molecule has 0 fully saturated rings. The SMILES string of the molecule is Fc1ccc(Br)c(F)c1CNCCCCCBr. The van der Waals surface area contributed by atoms with Crippen LogP contribution in [0.4, 0.5) is 8.78 Å². The normalized spacial score (nSPS) is 10.8. The molecule has 0 atom stereocenters. The Labute approximate surface area is 117 Å². The first-order valence-corrected chi connectivity index (χ1v) is 7.47. The Morgan fingerprint density at radius 1 is 1.12 bits per heavy atom. The van der Waals surface area contributed by atoms with E-state index in [0.717, 1.165) is 31.1 Å². The van der Waals surface area contributed by atoms with Crippen molar-refractivity contribution in [2.24, 2.45) is 0 Å². The molecule has 0 radical (unpaired) electrons. The summed E-state index contributed by atoms with van der Waals surface area (Å²) in [6, 6.07) is 2.65. The van der Waals surface area contributed by atoms with E-state index in [4.69, 9.17) is 0 Å². The molecule has 1 aromatic carbocycles. The van der Waals surface area contributed by atoms with Gasteiger partial charge in [0.15, 0.2) is 0 Å². The number of benzene rings is 1. The van der Waals surface area contributed by atoms with Crippen LogP contribution in [0.5, 0.6) is 0 Å². The van der Waals surface area contributed by atoms with E-state index in [2.05, 4.69) is 37.2 Å². The number of hydrogen-bond acceptors (Lipinski definition) is 1. The molecule has 96 valence electrons. The molecule has 0 aliphatic heterocycles. The summed E-state index contributed by atoms with van der Waals surface area (Å²) >= 11 is 6.41. The van der Waals surface area contributed by atoms with Crippen molar-refractivity contribution in [3.63, 3.8) is 0 Å². The van der Waals surface area contributed by atoms with Crippen LogP contribution in [0.1, 0.15) is 24.8 Å². The molecule has 0 amide bonds. The van der Waals surface area contributed by atoms with Gasteiger partial charge in [-0.05, 0) is 47.4 Å². The topological polar surface area (TPSA) is 12.0 Å². The average Bonchev–Trinajstić information content (AvgIpc) is 2.32. The zero-order valence-electron chi connectivity index (χ0n) is 9.41. The standard InChI is InChI=1S/C12H15Br2F2N/c13-6-2-1-3-7-17-8-9-11(15)5-4-10(14)12(9)16/h4-5,17H,1-3,6-8H2. The summed E-state index contributed by atoms with van der Waals surface area (Å²) in [5.74, 6) is -1.02. The van der Waals surface area contributed by atoms with Gasteiger partial charge >= 0.3 is 0 Å². The Morgan fingerprint density at radius 3 is 2.59 bits per heavy atom. The summed E-state index contributed by atoms with van der Waals surface area (Å²) in [6.07, 6.45) is 3.26. The van der Waals surface area contributed by atoms with Crippen LogP contribution < -0.4 is 5.32 Å². The summed E-state index contributed by atoms with van der Waals surface area (Å²) in [6.45, 7) is 1.00. The van der Waals surface area contributed by atoms with Crippen LogP contribution in [0.25, 0.3) is 0 Å². The van der Waals surface area contributed by atoms with E-state index >= 15 is 0 Å². The predicted molar refractivity (Wildman–Crippen MR) is 73.4 cm³/mol. The number of alkyl halides is 1. The van der Waals surface area contributed by atoms with Gasteiger partial charge in [0.2, 0.25) is 0 Å². The average molecular weight is 371 g/mol. The fourth-order valence-electron chi connectivity index (χ4n) is 1.47. The molecule has 0 heterocycles. The fraction of sp³-hybridized carbons (Fsp3) is 0.500. The Balaban J connectivity index is 2.39. The van der Waals surface area contributed by atoms with E-state index in [1.807, 2.05) is 0 Å². The molecule has 0 saturated carbocycles. The van der Waals surface area contributed by atoms with Gasteiger partial charge in [0.25, 0.3) is 0 Å². The highest BCUT2D eigenvalue weighted by Crippen LogP contribution is 2.21. The third-order valence-corrected chi connectivity index (χ3v) is 3.60. The Bertz CT molecular complexity index is 359. The van der Waals surface area contributed by atoms with Gasteiger partial charge in [0, 0.05) is 17.4 Å². The minimum absolute atomic E-state index is 0.0971. The molecule has 5 heteroatoms. The van der Waals surface area contributed by atoms with E-state index in [1.165, 1.54) is 12.1 Å². The van der Waals surface area contributed by atoms with Crippen molar-refractivity contribution in [1.82, 2.24) is 5.32 Å². The van der Waals surface area contributed by atoms with Crippen LogP contribution in [0.15, 0.2) is 16.6 Å². The molecular formula is C12H15Br2F2N. The quantitative estimate of drug-likeness (QED) is 0.426. The number of hydrogen-bond donors (Lipinski definition) is 1. The van der Waals surface area contributed by atoms with Crippen LogP contribution in [0.2, 0.25) is 0 Å². The molecule has 0 aliphatic carbocycles. The number of nitrogens with one attached hydrogen (secondary N) is 1. The maximum atomic E-state index is 13.6. The van der Waals surface area contributed by atoms with E-state index in [0.29, 0.717) is 4.47 Å². The minimum Gasteiger partial charge on any atom is -0.312 e. The molecule has 0 aromatic heterocycles. The minimum atomic E-state index is -0.516. The molecule has 0 aliphatic rings. The zero-order chi connectivity index (χ0) is 12.7. The predicted octanol–water partition coefficient (Wildman–Crippen LogP) is 4.38. The van der Waals surface area contributed by atoms with Gasteiger partial charge in [-0.2, -0.15) is 0 Å². The maximum absolute atomic E-state index is 13.6. The maximum Gasteiger partial charge on any atom is 0.144 e. The van der Waals surface area contributed by atoms with Crippen molar-refractivity contribution < 1.29 is 8.78 Å². The molecule has 1 nitrogen and oxygen atoms in total. The van der Waals surface area contributed by atoms with Crippen molar-refractivity contribution in [2.75, 3.05) is 11.9 Å². The van der Waals surface area contributed by atoms with Crippen LogP contribution in [-0.4, -0.2) is 11.9 Å². The van der Waals surface area contributed by atoms with E-state index in [9.17, 15) is 8.78 Å². The summed E-state index contributed by atoms with van der Waals surface area (Å²) in [4.78, 5) is 0. The van der Waals surface area contributed by atoms with Gasteiger partial charge in [-0.25, -0.2) is 8.78 Å². The molecule has 1 rings (SSSR count). The monoisotopic (exact) mass is 369 g/mol. The highest BCUT2D eigenvalue weighted by Gasteiger charge is 2.11. The van der Waals surface area contributed by atoms with Gasteiger partial charge in [0.1, 0.15) is 11.6 Å². The Hall–Kier alpha value is -0.000000000000000111. The van der Waals surface area contributed by atoms with Gasteiger partial charge < -0.3 is 5.32 Å². The van der Waals surface area contributed by atoms with Gasteiger partial charge in [-0.3, -0.25) is 0 Å². The molecule has 17 heavy (non-hydrogen) atoms. The molecule has 1 aromatic rings. The second-order valence-electron chi connectivity index (χ2n) is 3.75. The lowest BCUT2D eigenvalue weighted by Gasteiger charge is -2.08. The third kappa shape index (κ3) is 5.02. The molecule has 0 bridgehead atoms. The van der Waals surface area contributed by atoms with Gasteiger partial charge in [-0.1, -0.05) is 22.4 Å². The number of halogens is 4. The smallest absolute Gasteiger partial charge is 0.144 e. The van der Waals surface area contributed by atoms with Crippen molar-refractivity contribution in [1.29, 1.82) is 0 Å². The van der Waals surface area contributed by atoms with Gasteiger partial charge in [0.05, 0.1) is 4.47 Å². The van der Waals surface area contributed by atoms with Crippen molar-refractivity contribution >= 4 is 31.9 Å².